The third-order valence-corrected chi connectivity index (χ3v) is 3.18. The number of aryl methyl sites for hydroxylation is 1. The normalized spacial score (nSPS) is 18.6. The predicted molar refractivity (Wildman–Crippen MR) is 56.0 cm³/mol. The Kier molecular flexibility index (Phi) is 2.10. The van der Waals surface area contributed by atoms with Gasteiger partial charge in [0.25, 0.3) is 0 Å². The Bertz CT molecular complexity index is 418. The van der Waals surface area contributed by atoms with E-state index in [1.807, 2.05) is 7.05 Å². The minimum absolute atomic E-state index is 0.239. The fourth-order valence-electron chi connectivity index (χ4n) is 2.26. The van der Waals surface area contributed by atoms with Crippen molar-refractivity contribution in [3.05, 3.63) is 17.0 Å². The van der Waals surface area contributed by atoms with E-state index in [2.05, 4.69) is 18.9 Å². The van der Waals surface area contributed by atoms with Crippen LogP contribution in [0.3, 0.4) is 0 Å². The van der Waals surface area contributed by atoms with E-state index in [1.54, 1.807) is 4.68 Å². The zero-order valence-electron chi connectivity index (χ0n) is 9.37. The maximum Gasteiger partial charge on any atom is 0.356 e. The van der Waals surface area contributed by atoms with Crippen molar-refractivity contribution in [3.63, 3.8) is 0 Å². The highest BCUT2D eigenvalue weighted by molar-refractivity contribution is 5.87. The van der Waals surface area contributed by atoms with E-state index in [0.717, 1.165) is 30.5 Å². The van der Waals surface area contributed by atoms with Crippen LogP contribution in [0.25, 0.3) is 0 Å². The number of hydrogen-bond donors (Lipinski definition) is 1. The molecule has 0 spiro atoms. The molecule has 0 aromatic carbocycles. The van der Waals surface area contributed by atoms with Crippen molar-refractivity contribution in [2.24, 2.45) is 12.5 Å². The highest BCUT2D eigenvalue weighted by atomic mass is 16.4. The van der Waals surface area contributed by atoms with Crippen molar-refractivity contribution in [2.45, 2.75) is 33.1 Å². The molecule has 15 heavy (non-hydrogen) atoms. The van der Waals surface area contributed by atoms with Crippen molar-refractivity contribution in [2.75, 3.05) is 0 Å². The van der Waals surface area contributed by atoms with Crippen LogP contribution in [-0.2, 0) is 19.9 Å². The lowest BCUT2D eigenvalue weighted by molar-refractivity contribution is 0.0688. The highest BCUT2D eigenvalue weighted by Gasteiger charge is 2.31. The van der Waals surface area contributed by atoms with Crippen molar-refractivity contribution in [3.8, 4) is 0 Å². The van der Waals surface area contributed by atoms with E-state index < -0.39 is 5.97 Å². The number of carbonyl (C=O) groups is 1. The van der Waals surface area contributed by atoms with E-state index in [4.69, 9.17) is 5.11 Å². The van der Waals surface area contributed by atoms with Gasteiger partial charge in [0.1, 0.15) is 0 Å². The lowest BCUT2D eigenvalue weighted by atomic mass is 9.76. The molecule has 1 aromatic heterocycles. The van der Waals surface area contributed by atoms with Crippen LogP contribution in [0.15, 0.2) is 0 Å². The summed E-state index contributed by atoms with van der Waals surface area (Å²) in [6.45, 7) is 4.42. The summed E-state index contributed by atoms with van der Waals surface area (Å²) in [5.41, 5.74) is 2.52. The number of aromatic carboxylic acids is 1. The molecule has 1 aliphatic rings. The third-order valence-electron chi connectivity index (χ3n) is 3.18. The first-order chi connectivity index (χ1) is 6.91. The average Bonchev–Trinajstić information content (AvgIpc) is 2.42. The number of hydrogen-bond acceptors (Lipinski definition) is 2. The number of carboxylic acid groups (broad SMARTS) is 1. The molecule has 0 saturated heterocycles. The van der Waals surface area contributed by atoms with Crippen LogP contribution in [0.5, 0.6) is 0 Å². The number of aromatic nitrogens is 2. The molecular formula is C11H16N2O2. The van der Waals surface area contributed by atoms with Gasteiger partial charge in [-0.1, -0.05) is 13.8 Å². The minimum Gasteiger partial charge on any atom is -0.476 e. The smallest absolute Gasteiger partial charge is 0.356 e. The van der Waals surface area contributed by atoms with E-state index >= 15 is 0 Å². The maximum absolute atomic E-state index is 11.0. The van der Waals surface area contributed by atoms with Crippen molar-refractivity contribution < 1.29 is 9.90 Å². The van der Waals surface area contributed by atoms with E-state index in [-0.39, 0.29) is 11.1 Å². The molecule has 0 fully saturated rings. The summed E-state index contributed by atoms with van der Waals surface area (Å²) in [4.78, 5) is 11.0. The van der Waals surface area contributed by atoms with Gasteiger partial charge in [0.15, 0.2) is 5.69 Å². The van der Waals surface area contributed by atoms with E-state index in [9.17, 15) is 4.79 Å². The van der Waals surface area contributed by atoms with Crippen LogP contribution in [-0.4, -0.2) is 20.9 Å². The molecule has 0 radical (unpaired) electrons. The Morgan fingerprint density at radius 2 is 2.20 bits per heavy atom. The molecule has 1 N–H and O–H groups in total. The van der Waals surface area contributed by atoms with Gasteiger partial charge in [0.2, 0.25) is 0 Å². The second-order valence-electron chi connectivity index (χ2n) is 5.04. The molecular weight excluding hydrogens is 192 g/mol. The van der Waals surface area contributed by atoms with Crippen LogP contribution in [0.4, 0.5) is 0 Å². The van der Waals surface area contributed by atoms with Crippen molar-refractivity contribution >= 4 is 5.97 Å². The van der Waals surface area contributed by atoms with Gasteiger partial charge in [-0.05, 0) is 24.7 Å². The van der Waals surface area contributed by atoms with E-state index in [0.29, 0.717) is 0 Å². The Labute approximate surface area is 88.9 Å². The first kappa shape index (κ1) is 10.2. The van der Waals surface area contributed by atoms with E-state index in [1.165, 1.54) is 0 Å². The fraction of sp³-hybridized carbons (Fsp3) is 0.636. The summed E-state index contributed by atoms with van der Waals surface area (Å²) in [6, 6.07) is 0. The summed E-state index contributed by atoms with van der Waals surface area (Å²) in [7, 11) is 1.83. The molecule has 1 aliphatic carbocycles. The minimum atomic E-state index is -0.911. The largest absolute Gasteiger partial charge is 0.476 e. The lowest BCUT2D eigenvalue weighted by Gasteiger charge is -2.29. The first-order valence-electron chi connectivity index (χ1n) is 5.19. The number of fused-ring (bicyclic) bond motifs is 1. The van der Waals surface area contributed by atoms with Crippen molar-refractivity contribution in [1.29, 1.82) is 0 Å². The second-order valence-corrected chi connectivity index (χ2v) is 5.04. The highest BCUT2D eigenvalue weighted by Crippen LogP contribution is 2.35. The van der Waals surface area contributed by atoms with Gasteiger partial charge < -0.3 is 5.11 Å². The van der Waals surface area contributed by atoms with Gasteiger partial charge in [0, 0.05) is 18.3 Å². The van der Waals surface area contributed by atoms with Crippen molar-refractivity contribution in [1.82, 2.24) is 9.78 Å². The average molecular weight is 208 g/mol. The molecule has 82 valence electrons. The monoisotopic (exact) mass is 208 g/mol. The molecule has 4 heteroatoms. The number of rotatable bonds is 1. The molecule has 4 nitrogen and oxygen atoms in total. The molecule has 0 bridgehead atoms. The van der Waals surface area contributed by atoms with Gasteiger partial charge in [-0.25, -0.2) is 4.79 Å². The Balaban J connectivity index is 2.49. The number of nitrogens with zero attached hydrogens (tertiary/aromatic N) is 2. The standard InChI is InChI=1S/C11H16N2O2/c1-11(2)5-4-7-8(6-11)13(3)12-9(7)10(14)15/h4-6H2,1-3H3,(H,14,15). The lowest BCUT2D eigenvalue weighted by Crippen LogP contribution is -2.23. The SMILES string of the molecule is Cn1nc(C(=O)O)c2c1CC(C)(C)CC2. The predicted octanol–water partition coefficient (Wildman–Crippen LogP) is 1.63. The quantitative estimate of drug-likeness (QED) is 0.763. The summed E-state index contributed by atoms with van der Waals surface area (Å²) < 4.78 is 1.72. The van der Waals surface area contributed by atoms with Gasteiger partial charge >= 0.3 is 5.97 Å². The van der Waals surface area contributed by atoms with Crippen LogP contribution in [0.2, 0.25) is 0 Å². The summed E-state index contributed by atoms with van der Waals surface area (Å²) in [5.74, 6) is -0.911. The Morgan fingerprint density at radius 1 is 1.53 bits per heavy atom. The van der Waals surface area contributed by atoms with Crippen LogP contribution >= 0.6 is 0 Å². The molecule has 0 unspecified atom stereocenters. The zero-order valence-corrected chi connectivity index (χ0v) is 9.37. The summed E-state index contributed by atoms with van der Waals surface area (Å²) >= 11 is 0. The molecule has 0 aliphatic heterocycles. The van der Waals surface area contributed by atoms with Gasteiger partial charge in [0.05, 0.1) is 0 Å². The Morgan fingerprint density at radius 3 is 2.80 bits per heavy atom. The fourth-order valence-corrected chi connectivity index (χ4v) is 2.26. The summed E-state index contributed by atoms with van der Waals surface area (Å²) in [5, 5.41) is 13.1. The molecule has 0 saturated carbocycles. The topological polar surface area (TPSA) is 55.1 Å². The van der Waals surface area contributed by atoms with Crippen LogP contribution in [0, 0.1) is 5.41 Å². The van der Waals surface area contributed by atoms with Crippen LogP contribution < -0.4 is 0 Å². The molecule has 0 amide bonds. The van der Waals surface area contributed by atoms with Gasteiger partial charge in [-0.15, -0.1) is 0 Å². The molecule has 2 rings (SSSR count). The zero-order chi connectivity index (χ0) is 11.2. The van der Waals surface area contributed by atoms with Crippen LogP contribution in [0.1, 0.15) is 42.0 Å². The maximum atomic E-state index is 11.0. The summed E-state index contributed by atoms with van der Waals surface area (Å²) in [6.07, 6.45) is 2.78. The number of carboxylic acids is 1. The molecule has 0 atom stereocenters. The molecule has 1 aromatic rings. The second kappa shape index (κ2) is 3.08. The first-order valence-corrected chi connectivity index (χ1v) is 5.19. The third kappa shape index (κ3) is 1.64. The van der Waals surface area contributed by atoms with Gasteiger partial charge in [-0.2, -0.15) is 5.10 Å². The van der Waals surface area contributed by atoms with Gasteiger partial charge in [-0.3, -0.25) is 4.68 Å². The Hall–Kier alpha value is -1.32. The molecule has 1 heterocycles.